The minimum absolute atomic E-state index is 0.0639. The predicted octanol–water partition coefficient (Wildman–Crippen LogP) is 0.933. The van der Waals surface area contributed by atoms with E-state index in [2.05, 4.69) is 10.6 Å². The van der Waals surface area contributed by atoms with Crippen LogP contribution in [0.2, 0.25) is 0 Å². The number of carbonyl (C=O) groups excluding carboxylic acids is 2. The van der Waals surface area contributed by atoms with Crippen LogP contribution in [0.25, 0.3) is 0 Å². The second-order valence-corrected chi connectivity index (χ2v) is 5.57. The molecule has 1 aliphatic rings. The van der Waals surface area contributed by atoms with Gasteiger partial charge >= 0.3 is 11.8 Å². The minimum Gasteiger partial charge on any atom is -0.384 e. The lowest BCUT2D eigenvalue weighted by Crippen LogP contribution is -2.47. The molecule has 1 aliphatic carbocycles. The molecular formula is C17H22N2O3. The third-order valence-electron chi connectivity index (χ3n) is 3.71. The molecule has 0 aliphatic heterocycles. The van der Waals surface area contributed by atoms with Crippen LogP contribution in [0.5, 0.6) is 0 Å². The lowest BCUT2D eigenvalue weighted by molar-refractivity contribution is -0.139. The van der Waals surface area contributed by atoms with Crippen LogP contribution < -0.4 is 10.6 Å². The van der Waals surface area contributed by atoms with E-state index >= 15 is 0 Å². The zero-order chi connectivity index (χ0) is 15.8. The second-order valence-electron chi connectivity index (χ2n) is 5.57. The quantitative estimate of drug-likeness (QED) is 0.559. The molecule has 0 saturated heterocycles. The molecule has 0 heterocycles. The number of carbonyl (C=O) groups is 2. The van der Waals surface area contributed by atoms with Gasteiger partial charge in [-0.1, -0.05) is 42.5 Å². The molecule has 118 valence electrons. The summed E-state index contributed by atoms with van der Waals surface area (Å²) in [5.41, 5.74) is 0.0722. The number of nitrogens with one attached hydrogen (secondary N) is 2. The molecule has 0 spiro atoms. The van der Waals surface area contributed by atoms with Crippen LogP contribution in [-0.2, 0) is 16.0 Å². The van der Waals surface area contributed by atoms with Crippen LogP contribution in [-0.4, -0.2) is 35.6 Å². The zero-order valence-electron chi connectivity index (χ0n) is 12.5. The number of rotatable bonds is 5. The summed E-state index contributed by atoms with van der Waals surface area (Å²) in [6.07, 6.45) is 6.69. The van der Waals surface area contributed by atoms with Gasteiger partial charge in [-0.2, -0.15) is 0 Å². The van der Waals surface area contributed by atoms with Crippen molar-refractivity contribution in [2.75, 3.05) is 13.1 Å². The molecule has 1 atom stereocenters. The Hall–Kier alpha value is -2.14. The first-order valence-electron chi connectivity index (χ1n) is 7.59. The van der Waals surface area contributed by atoms with Gasteiger partial charge in [0.25, 0.3) is 0 Å². The van der Waals surface area contributed by atoms with Crippen LogP contribution in [0.1, 0.15) is 24.8 Å². The van der Waals surface area contributed by atoms with Crippen molar-refractivity contribution in [1.29, 1.82) is 0 Å². The van der Waals surface area contributed by atoms with Crippen molar-refractivity contribution in [1.82, 2.24) is 10.6 Å². The van der Waals surface area contributed by atoms with Crippen LogP contribution >= 0.6 is 0 Å². The Kier molecular flexibility index (Phi) is 5.72. The molecule has 0 aromatic heterocycles. The fraction of sp³-hybridized carbons (Fsp3) is 0.412. The first-order valence-corrected chi connectivity index (χ1v) is 7.59. The summed E-state index contributed by atoms with van der Waals surface area (Å²) in [6, 6.07) is 9.73. The molecule has 1 aromatic rings. The highest BCUT2D eigenvalue weighted by molar-refractivity contribution is 6.35. The summed E-state index contributed by atoms with van der Waals surface area (Å²) in [5, 5.41) is 15.3. The van der Waals surface area contributed by atoms with Gasteiger partial charge in [-0.3, -0.25) is 9.59 Å². The number of amides is 2. The molecule has 0 bridgehead atoms. The molecule has 2 amide bonds. The van der Waals surface area contributed by atoms with Gasteiger partial charge in [0.15, 0.2) is 0 Å². The van der Waals surface area contributed by atoms with Crippen LogP contribution in [0.3, 0.4) is 0 Å². The highest BCUT2D eigenvalue weighted by Gasteiger charge is 2.26. The molecule has 1 unspecified atom stereocenters. The zero-order valence-corrected chi connectivity index (χ0v) is 12.5. The molecule has 0 fully saturated rings. The van der Waals surface area contributed by atoms with Gasteiger partial charge in [-0.25, -0.2) is 0 Å². The predicted molar refractivity (Wildman–Crippen MR) is 84.1 cm³/mol. The first kappa shape index (κ1) is 16.2. The highest BCUT2D eigenvalue weighted by atomic mass is 16.3. The number of aliphatic hydroxyl groups is 1. The topological polar surface area (TPSA) is 78.4 Å². The van der Waals surface area contributed by atoms with Crippen LogP contribution in [0, 0.1) is 0 Å². The third kappa shape index (κ3) is 5.00. The smallest absolute Gasteiger partial charge is 0.309 e. The van der Waals surface area contributed by atoms with E-state index in [9.17, 15) is 14.7 Å². The van der Waals surface area contributed by atoms with E-state index in [1.807, 2.05) is 36.4 Å². The van der Waals surface area contributed by atoms with E-state index in [4.69, 9.17) is 0 Å². The average Bonchev–Trinajstić information content (AvgIpc) is 2.54. The van der Waals surface area contributed by atoms with Crippen LogP contribution in [0.4, 0.5) is 0 Å². The maximum absolute atomic E-state index is 11.7. The van der Waals surface area contributed by atoms with E-state index in [0.29, 0.717) is 19.4 Å². The van der Waals surface area contributed by atoms with Crippen LogP contribution in [0.15, 0.2) is 42.5 Å². The van der Waals surface area contributed by atoms with E-state index in [1.165, 1.54) is 0 Å². The van der Waals surface area contributed by atoms with Crippen molar-refractivity contribution in [3.05, 3.63) is 48.0 Å². The first-order chi connectivity index (χ1) is 10.6. The van der Waals surface area contributed by atoms with Gasteiger partial charge < -0.3 is 15.7 Å². The standard InChI is InChI=1S/C17H22N2O3/c20-15(18-12-9-14-7-3-1-4-8-14)16(21)19-13-17(22)10-5-2-6-11-17/h1,3-5,7-8,10,22H,2,6,9,11-13H2,(H,18,20)(H,19,21). The van der Waals surface area contributed by atoms with Gasteiger partial charge in [0.2, 0.25) is 0 Å². The molecule has 22 heavy (non-hydrogen) atoms. The minimum atomic E-state index is -1.03. The van der Waals surface area contributed by atoms with Crippen molar-refractivity contribution in [3.8, 4) is 0 Å². The number of hydrogen-bond donors (Lipinski definition) is 3. The van der Waals surface area contributed by atoms with Crippen molar-refractivity contribution in [3.63, 3.8) is 0 Å². The summed E-state index contributed by atoms with van der Waals surface area (Å²) in [6.45, 7) is 0.467. The Morgan fingerprint density at radius 2 is 1.86 bits per heavy atom. The normalized spacial score (nSPS) is 20.4. The van der Waals surface area contributed by atoms with Gasteiger partial charge in [0.05, 0.1) is 6.54 Å². The number of hydrogen-bond acceptors (Lipinski definition) is 3. The van der Waals surface area contributed by atoms with Crippen molar-refractivity contribution in [2.45, 2.75) is 31.3 Å². The summed E-state index contributed by atoms with van der Waals surface area (Å²) in [4.78, 5) is 23.4. The fourth-order valence-electron chi connectivity index (χ4n) is 2.42. The second kappa shape index (κ2) is 7.75. The maximum Gasteiger partial charge on any atom is 0.309 e. The summed E-state index contributed by atoms with van der Waals surface area (Å²) >= 11 is 0. The summed E-state index contributed by atoms with van der Waals surface area (Å²) < 4.78 is 0. The monoisotopic (exact) mass is 302 g/mol. The molecule has 0 radical (unpaired) electrons. The molecule has 1 aromatic carbocycles. The Morgan fingerprint density at radius 3 is 2.55 bits per heavy atom. The summed E-state index contributed by atoms with van der Waals surface area (Å²) in [7, 11) is 0. The Labute approximate surface area is 130 Å². The SMILES string of the molecule is O=C(NCCc1ccccc1)C(=O)NCC1(O)C=CCCC1. The van der Waals surface area contributed by atoms with E-state index in [-0.39, 0.29) is 6.54 Å². The van der Waals surface area contributed by atoms with Gasteiger partial charge in [-0.15, -0.1) is 0 Å². The lowest BCUT2D eigenvalue weighted by Gasteiger charge is -2.27. The van der Waals surface area contributed by atoms with Crippen molar-refractivity contribution < 1.29 is 14.7 Å². The number of allylic oxidation sites excluding steroid dienone is 1. The largest absolute Gasteiger partial charge is 0.384 e. The maximum atomic E-state index is 11.7. The van der Waals surface area contributed by atoms with E-state index in [1.54, 1.807) is 6.08 Å². The molecule has 2 rings (SSSR count). The van der Waals surface area contributed by atoms with E-state index < -0.39 is 17.4 Å². The molecule has 5 nitrogen and oxygen atoms in total. The van der Waals surface area contributed by atoms with Gasteiger partial charge in [-0.05, 0) is 31.2 Å². The summed E-state index contributed by atoms with van der Waals surface area (Å²) in [5.74, 6) is -1.38. The van der Waals surface area contributed by atoms with Gasteiger partial charge in [0.1, 0.15) is 5.60 Å². The lowest BCUT2D eigenvalue weighted by atomic mass is 9.91. The third-order valence-corrected chi connectivity index (χ3v) is 3.71. The fourth-order valence-corrected chi connectivity index (χ4v) is 2.42. The number of benzene rings is 1. The molecule has 0 saturated carbocycles. The Balaban J connectivity index is 1.69. The Bertz CT molecular complexity index is 542. The molecular weight excluding hydrogens is 280 g/mol. The van der Waals surface area contributed by atoms with Crippen molar-refractivity contribution in [2.24, 2.45) is 0 Å². The van der Waals surface area contributed by atoms with Gasteiger partial charge in [0, 0.05) is 6.54 Å². The molecule has 3 N–H and O–H groups in total. The van der Waals surface area contributed by atoms with E-state index in [0.717, 1.165) is 18.4 Å². The average molecular weight is 302 g/mol. The highest BCUT2D eigenvalue weighted by Crippen LogP contribution is 2.20. The van der Waals surface area contributed by atoms with Crippen molar-refractivity contribution >= 4 is 11.8 Å². The Morgan fingerprint density at radius 1 is 1.14 bits per heavy atom. The molecule has 5 heteroatoms.